The van der Waals surface area contributed by atoms with Crippen LogP contribution in [-0.4, -0.2) is 35.9 Å². The molecule has 150 valence electrons. The molecule has 3 aromatic rings. The summed E-state index contributed by atoms with van der Waals surface area (Å²) in [6, 6.07) is 6.09. The molecule has 0 aliphatic heterocycles. The molecule has 4 rings (SSSR count). The Balaban J connectivity index is 1.57. The summed E-state index contributed by atoms with van der Waals surface area (Å²) in [6.45, 7) is 0. The Morgan fingerprint density at radius 1 is 1.31 bits per heavy atom. The number of nitrogens with zero attached hydrogens (tertiary/aromatic N) is 4. The highest BCUT2D eigenvalue weighted by atomic mass is 32.2. The molecule has 29 heavy (non-hydrogen) atoms. The van der Waals surface area contributed by atoms with E-state index >= 15 is 0 Å². The number of nitrogens with one attached hydrogen (secondary N) is 1. The van der Waals surface area contributed by atoms with Crippen molar-refractivity contribution in [2.24, 2.45) is 7.05 Å². The second kappa shape index (κ2) is 7.32. The number of aromatic amines is 1. The van der Waals surface area contributed by atoms with E-state index in [0.717, 1.165) is 24.6 Å². The predicted molar refractivity (Wildman–Crippen MR) is 105 cm³/mol. The first-order valence-electron chi connectivity index (χ1n) is 8.83. The maximum atomic E-state index is 14.0. The summed E-state index contributed by atoms with van der Waals surface area (Å²) >= 11 is 1.04. The van der Waals surface area contributed by atoms with Crippen molar-refractivity contribution in [1.82, 2.24) is 24.3 Å². The third kappa shape index (κ3) is 3.48. The van der Waals surface area contributed by atoms with Gasteiger partial charge in [0.15, 0.2) is 16.8 Å². The maximum Gasteiger partial charge on any atom is 0.330 e. The minimum absolute atomic E-state index is 0.0828. The van der Waals surface area contributed by atoms with Crippen molar-refractivity contribution in [3.8, 4) is 11.4 Å². The van der Waals surface area contributed by atoms with Crippen LogP contribution in [0.3, 0.4) is 0 Å². The van der Waals surface area contributed by atoms with Crippen LogP contribution in [0.5, 0.6) is 0 Å². The normalized spacial score (nSPS) is 13.6. The van der Waals surface area contributed by atoms with Crippen molar-refractivity contribution < 1.29 is 9.18 Å². The fourth-order valence-corrected chi connectivity index (χ4v) is 3.83. The third-order valence-corrected chi connectivity index (χ3v) is 5.68. The smallest absolute Gasteiger partial charge is 0.330 e. The molecule has 2 aromatic heterocycles. The topological polar surface area (TPSA) is 129 Å². The zero-order valence-electron chi connectivity index (χ0n) is 15.4. The quantitative estimate of drug-likeness (QED) is 0.459. The van der Waals surface area contributed by atoms with Gasteiger partial charge in [-0.1, -0.05) is 23.9 Å². The van der Waals surface area contributed by atoms with E-state index in [1.54, 1.807) is 29.8 Å². The van der Waals surface area contributed by atoms with Crippen LogP contribution in [0.4, 0.5) is 10.2 Å². The second-order valence-electron chi connectivity index (χ2n) is 6.68. The van der Waals surface area contributed by atoms with Crippen molar-refractivity contribution in [2.75, 3.05) is 11.5 Å². The number of ketones is 1. The highest BCUT2D eigenvalue weighted by molar-refractivity contribution is 7.99. The number of benzene rings is 1. The molecular weight excluding hydrogens is 399 g/mol. The summed E-state index contributed by atoms with van der Waals surface area (Å²) in [6.07, 6.45) is 1.55. The van der Waals surface area contributed by atoms with Crippen LogP contribution in [0, 0.1) is 5.82 Å². The number of nitrogens with two attached hydrogens (primary N) is 1. The molecule has 1 aliphatic carbocycles. The van der Waals surface area contributed by atoms with Gasteiger partial charge in [0.2, 0.25) is 0 Å². The number of carbonyl (C=O) groups is 1. The summed E-state index contributed by atoms with van der Waals surface area (Å²) in [7, 11) is 1.66. The summed E-state index contributed by atoms with van der Waals surface area (Å²) in [5.74, 6) is -0.898. The lowest BCUT2D eigenvalue weighted by molar-refractivity contribution is 0.102. The molecule has 0 bridgehead atoms. The van der Waals surface area contributed by atoms with Gasteiger partial charge in [0.05, 0.1) is 11.3 Å². The lowest BCUT2D eigenvalue weighted by Crippen LogP contribution is -2.36. The van der Waals surface area contributed by atoms with Gasteiger partial charge in [-0.2, -0.15) is 0 Å². The zero-order valence-corrected chi connectivity index (χ0v) is 16.2. The molecular formula is C18H17FN6O3S. The standard InChI is InChI=1S/C18H17FN6O3S/c1-24-15(10-4-2-3-5-11(10)19)22-23-18(24)29-8-12(26)13-14(20)25(9-6-7-9)17(28)21-16(13)27/h2-5,9H,6-8,20H2,1H3,(H,21,27,28). The Bertz CT molecular complexity index is 1230. The first kappa shape index (κ1) is 19.1. The van der Waals surface area contributed by atoms with Gasteiger partial charge < -0.3 is 10.3 Å². The van der Waals surface area contributed by atoms with Crippen molar-refractivity contribution in [1.29, 1.82) is 0 Å². The molecule has 9 nitrogen and oxygen atoms in total. The molecule has 0 saturated heterocycles. The van der Waals surface area contributed by atoms with Gasteiger partial charge in [-0.3, -0.25) is 19.1 Å². The highest BCUT2D eigenvalue weighted by Crippen LogP contribution is 2.35. The van der Waals surface area contributed by atoms with Crippen molar-refractivity contribution in [3.63, 3.8) is 0 Å². The minimum Gasteiger partial charge on any atom is -0.384 e. The number of carbonyl (C=O) groups excluding carboxylic acids is 1. The lowest BCUT2D eigenvalue weighted by atomic mass is 10.2. The van der Waals surface area contributed by atoms with Crippen molar-refractivity contribution in [3.05, 3.63) is 56.5 Å². The van der Waals surface area contributed by atoms with Crippen LogP contribution < -0.4 is 17.0 Å². The lowest BCUT2D eigenvalue weighted by Gasteiger charge is -2.11. The van der Waals surface area contributed by atoms with E-state index in [0.29, 0.717) is 11.0 Å². The number of rotatable bonds is 6. The van der Waals surface area contributed by atoms with Gasteiger partial charge in [0.25, 0.3) is 5.56 Å². The monoisotopic (exact) mass is 416 g/mol. The van der Waals surface area contributed by atoms with E-state index in [-0.39, 0.29) is 28.7 Å². The van der Waals surface area contributed by atoms with Crippen LogP contribution >= 0.6 is 11.8 Å². The molecule has 0 spiro atoms. The van der Waals surface area contributed by atoms with Gasteiger partial charge in [0.1, 0.15) is 17.2 Å². The van der Waals surface area contributed by atoms with Crippen LogP contribution in [-0.2, 0) is 7.05 Å². The Morgan fingerprint density at radius 3 is 2.72 bits per heavy atom. The second-order valence-corrected chi connectivity index (χ2v) is 7.62. The molecule has 3 N–H and O–H groups in total. The van der Waals surface area contributed by atoms with Crippen LogP contribution in [0.2, 0.25) is 0 Å². The predicted octanol–water partition coefficient (Wildman–Crippen LogP) is 1.36. The number of halogens is 1. The fourth-order valence-electron chi connectivity index (χ4n) is 3.05. The number of hydrogen-bond acceptors (Lipinski definition) is 7. The summed E-state index contributed by atoms with van der Waals surface area (Å²) < 4.78 is 16.8. The van der Waals surface area contributed by atoms with E-state index in [4.69, 9.17) is 5.73 Å². The fraction of sp³-hybridized carbons (Fsp3) is 0.278. The van der Waals surface area contributed by atoms with Crippen molar-refractivity contribution in [2.45, 2.75) is 24.0 Å². The van der Waals surface area contributed by atoms with Gasteiger partial charge in [-0.05, 0) is 25.0 Å². The molecule has 1 saturated carbocycles. The van der Waals surface area contributed by atoms with E-state index in [2.05, 4.69) is 15.2 Å². The number of H-pyrrole nitrogens is 1. The van der Waals surface area contributed by atoms with E-state index in [1.165, 1.54) is 10.6 Å². The molecule has 1 aliphatic rings. The molecule has 0 atom stereocenters. The van der Waals surface area contributed by atoms with Gasteiger partial charge in [-0.25, -0.2) is 9.18 Å². The van der Waals surface area contributed by atoms with E-state index < -0.39 is 22.8 Å². The minimum atomic E-state index is -0.806. The number of anilines is 1. The average Bonchev–Trinajstić information content (AvgIpc) is 3.43. The van der Waals surface area contributed by atoms with Crippen LogP contribution in [0.15, 0.2) is 39.0 Å². The van der Waals surface area contributed by atoms with Crippen LogP contribution in [0.25, 0.3) is 11.4 Å². The Hall–Kier alpha value is -3.21. The molecule has 11 heteroatoms. The van der Waals surface area contributed by atoms with Gasteiger partial charge in [-0.15, -0.1) is 10.2 Å². The maximum absolute atomic E-state index is 14.0. The SMILES string of the molecule is Cn1c(SCC(=O)c2c(N)n(C3CC3)c(=O)[nH]c2=O)nnc1-c1ccccc1F. The van der Waals surface area contributed by atoms with Gasteiger partial charge >= 0.3 is 5.69 Å². The first-order chi connectivity index (χ1) is 13.9. The summed E-state index contributed by atoms with van der Waals surface area (Å²) in [5, 5.41) is 8.37. The number of thioether (sulfide) groups is 1. The van der Waals surface area contributed by atoms with Crippen LogP contribution in [0.1, 0.15) is 29.2 Å². The molecule has 0 unspecified atom stereocenters. The number of nitrogen functional groups attached to an aromatic ring is 1. The Kier molecular flexibility index (Phi) is 4.82. The largest absolute Gasteiger partial charge is 0.384 e. The van der Waals surface area contributed by atoms with Gasteiger partial charge in [0, 0.05) is 13.1 Å². The van der Waals surface area contributed by atoms with E-state index in [9.17, 15) is 18.8 Å². The molecule has 0 radical (unpaired) electrons. The number of hydrogen-bond donors (Lipinski definition) is 2. The Morgan fingerprint density at radius 2 is 2.03 bits per heavy atom. The third-order valence-electron chi connectivity index (χ3n) is 4.65. The molecule has 0 amide bonds. The highest BCUT2D eigenvalue weighted by Gasteiger charge is 2.30. The first-order valence-corrected chi connectivity index (χ1v) is 9.81. The molecule has 1 aromatic carbocycles. The Labute approximate surface area is 167 Å². The van der Waals surface area contributed by atoms with E-state index in [1.807, 2.05) is 0 Å². The number of aromatic nitrogens is 5. The van der Waals surface area contributed by atoms with Crippen molar-refractivity contribution >= 4 is 23.4 Å². The molecule has 2 heterocycles. The zero-order chi connectivity index (χ0) is 20.7. The summed E-state index contributed by atoms with van der Waals surface area (Å²) in [5.41, 5.74) is 4.60. The summed E-state index contributed by atoms with van der Waals surface area (Å²) in [4.78, 5) is 38.9. The molecule has 1 fully saturated rings. The number of Topliss-reactive ketones (excluding diaryl/α,β-unsaturated/α-hetero) is 1. The average molecular weight is 416 g/mol.